The molecule has 5 heteroatoms. The molecular formula is C17H30N4O. The molecule has 0 radical (unpaired) electrons. The highest BCUT2D eigenvalue weighted by Crippen LogP contribution is 2.24. The molecule has 1 fully saturated rings. The third kappa shape index (κ3) is 4.03. The van der Waals surface area contributed by atoms with Crippen LogP contribution in [0.3, 0.4) is 0 Å². The van der Waals surface area contributed by atoms with Gasteiger partial charge in [-0.3, -0.25) is 9.80 Å². The van der Waals surface area contributed by atoms with Gasteiger partial charge < -0.3 is 5.11 Å². The summed E-state index contributed by atoms with van der Waals surface area (Å²) in [5.41, 5.74) is 1.17. The van der Waals surface area contributed by atoms with Gasteiger partial charge >= 0.3 is 0 Å². The Hall–Kier alpha value is -1.04. The molecule has 2 rings (SSSR count). The lowest BCUT2D eigenvalue weighted by molar-refractivity contribution is 0.144. The first-order valence-corrected chi connectivity index (χ1v) is 8.19. The molecule has 1 N–H and O–H groups in total. The van der Waals surface area contributed by atoms with E-state index in [0.29, 0.717) is 12.1 Å². The lowest BCUT2D eigenvalue weighted by Crippen LogP contribution is -2.42. The van der Waals surface area contributed by atoms with Gasteiger partial charge in [-0.1, -0.05) is 20.8 Å². The first kappa shape index (κ1) is 17.3. The zero-order valence-electron chi connectivity index (χ0n) is 14.6. The summed E-state index contributed by atoms with van der Waals surface area (Å²) in [6, 6.07) is 1.00. The van der Waals surface area contributed by atoms with Crippen molar-refractivity contribution in [2.45, 2.75) is 58.2 Å². The predicted octanol–water partition coefficient (Wildman–Crippen LogP) is 1.66. The second-order valence-electron chi connectivity index (χ2n) is 7.44. The largest absolute Gasteiger partial charge is 0.395 e. The fourth-order valence-electron chi connectivity index (χ4n) is 3.18. The molecule has 0 unspecified atom stereocenters. The average Bonchev–Trinajstić information content (AvgIpc) is 2.80. The molecule has 5 nitrogen and oxygen atoms in total. The van der Waals surface area contributed by atoms with Crippen LogP contribution in [0.4, 0.5) is 0 Å². The van der Waals surface area contributed by atoms with Gasteiger partial charge in [-0.15, -0.1) is 0 Å². The number of rotatable bonds is 5. The van der Waals surface area contributed by atoms with E-state index in [4.69, 9.17) is 5.11 Å². The Morgan fingerprint density at radius 2 is 1.95 bits per heavy atom. The minimum Gasteiger partial charge on any atom is -0.395 e. The van der Waals surface area contributed by atoms with E-state index in [9.17, 15) is 0 Å². The van der Waals surface area contributed by atoms with Crippen LogP contribution in [0.1, 0.15) is 45.5 Å². The average molecular weight is 306 g/mol. The summed E-state index contributed by atoms with van der Waals surface area (Å²) in [7, 11) is 2.10. The number of likely N-dealkylation sites (tertiary alicyclic amines) is 1. The van der Waals surface area contributed by atoms with Gasteiger partial charge in [0.1, 0.15) is 5.82 Å². The summed E-state index contributed by atoms with van der Waals surface area (Å²) in [5, 5.41) is 9.10. The van der Waals surface area contributed by atoms with E-state index in [-0.39, 0.29) is 12.0 Å². The molecule has 1 aliphatic rings. The molecule has 0 spiro atoms. The van der Waals surface area contributed by atoms with E-state index >= 15 is 0 Å². The molecule has 22 heavy (non-hydrogen) atoms. The Bertz CT molecular complexity index is 469. The lowest BCUT2D eigenvalue weighted by Gasteiger charge is -2.30. The zero-order valence-corrected chi connectivity index (χ0v) is 14.6. The van der Waals surface area contributed by atoms with E-state index < -0.39 is 0 Å². The number of aromatic nitrogens is 2. The Kier molecular flexibility index (Phi) is 5.53. The summed E-state index contributed by atoms with van der Waals surface area (Å²) < 4.78 is 0. The number of hydrogen-bond acceptors (Lipinski definition) is 5. The molecule has 0 aromatic carbocycles. The van der Waals surface area contributed by atoms with Crippen molar-refractivity contribution in [1.29, 1.82) is 0 Å². The molecule has 2 atom stereocenters. The molecule has 1 aromatic heterocycles. The molecule has 1 aliphatic heterocycles. The number of aliphatic hydroxyl groups is 1. The van der Waals surface area contributed by atoms with E-state index in [1.807, 2.05) is 12.4 Å². The number of hydrogen-bond donors (Lipinski definition) is 1. The fourth-order valence-corrected chi connectivity index (χ4v) is 3.18. The monoisotopic (exact) mass is 306 g/mol. The first-order chi connectivity index (χ1) is 10.3. The number of likely N-dealkylation sites (N-methyl/N-ethyl adjacent to an activating group) is 1. The molecule has 124 valence electrons. The van der Waals surface area contributed by atoms with Gasteiger partial charge in [0.15, 0.2) is 0 Å². The van der Waals surface area contributed by atoms with E-state index in [1.165, 1.54) is 5.56 Å². The van der Waals surface area contributed by atoms with Crippen molar-refractivity contribution < 1.29 is 5.11 Å². The molecule has 1 saturated heterocycles. The van der Waals surface area contributed by atoms with Crippen molar-refractivity contribution in [1.82, 2.24) is 19.8 Å². The molecule has 0 saturated carbocycles. The highest BCUT2D eigenvalue weighted by atomic mass is 16.3. The van der Waals surface area contributed by atoms with Crippen molar-refractivity contribution in [3.63, 3.8) is 0 Å². The van der Waals surface area contributed by atoms with Crippen molar-refractivity contribution >= 4 is 0 Å². The van der Waals surface area contributed by atoms with Crippen molar-refractivity contribution in [2.75, 3.05) is 26.7 Å². The fraction of sp³-hybridized carbons (Fsp3) is 0.765. The first-order valence-electron chi connectivity index (χ1n) is 8.19. The third-order valence-corrected chi connectivity index (χ3v) is 4.63. The van der Waals surface area contributed by atoms with E-state index in [1.54, 1.807) is 0 Å². The summed E-state index contributed by atoms with van der Waals surface area (Å²) >= 11 is 0. The topological polar surface area (TPSA) is 52.5 Å². The van der Waals surface area contributed by atoms with Crippen LogP contribution in [0.5, 0.6) is 0 Å². The SMILES string of the molecule is C[C@@H]1[C@H](N(C)CCO)CCN1Cc1cnc(C(C)(C)C)nc1. The maximum absolute atomic E-state index is 9.10. The number of aliphatic hydroxyl groups excluding tert-OH is 1. The van der Waals surface area contributed by atoms with Gasteiger partial charge in [0.2, 0.25) is 0 Å². The summed E-state index contributed by atoms with van der Waals surface area (Å²) in [6.45, 7) is 11.6. The van der Waals surface area contributed by atoms with Crippen molar-refractivity contribution in [3.8, 4) is 0 Å². The Balaban J connectivity index is 1.97. The Labute approximate surface area is 134 Å². The van der Waals surface area contributed by atoms with E-state index in [2.05, 4.69) is 54.5 Å². The van der Waals surface area contributed by atoms with Gasteiger partial charge in [-0.05, 0) is 20.4 Å². The summed E-state index contributed by atoms with van der Waals surface area (Å²) in [6.07, 6.45) is 5.08. The Morgan fingerprint density at radius 1 is 1.32 bits per heavy atom. The van der Waals surface area contributed by atoms with Gasteiger partial charge in [0, 0.05) is 55.1 Å². The molecular weight excluding hydrogens is 276 g/mol. The maximum Gasteiger partial charge on any atom is 0.133 e. The van der Waals surface area contributed by atoms with Crippen LogP contribution in [-0.4, -0.2) is 63.7 Å². The number of nitrogens with zero attached hydrogens (tertiary/aromatic N) is 4. The lowest BCUT2D eigenvalue weighted by atomic mass is 9.96. The highest BCUT2D eigenvalue weighted by molar-refractivity contribution is 5.10. The van der Waals surface area contributed by atoms with Gasteiger partial charge in [-0.2, -0.15) is 0 Å². The van der Waals surface area contributed by atoms with Crippen LogP contribution in [-0.2, 0) is 12.0 Å². The van der Waals surface area contributed by atoms with Crippen molar-refractivity contribution in [2.24, 2.45) is 0 Å². The molecule has 1 aromatic rings. The van der Waals surface area contributed by atoms with E-state index in [0.717, 1.165) is 31.9 Å². The van der Waals surface area contributed by atoms with Gasteiger partial charge in [0.25, 0.3) is 0 Å². The smallest absolute Gasteiger partial charge is 0.133 e. The van der Waals surface area contributed by atoms with Crippen LogP contribution in [0.2, 0.25) is 0 Å². The van der Waals surface area contributed by atoms with Crippen LogP contribution in [0.15, 0.2) is 12.4 Å². The molecule has 0 amide bonds. The van der Waals surface area contributed by atoms with Crippen LogP contribution < -0.4 is 0 Å². The summed E-state index contributed by atoms with van der Waals surface area (Å²) in [4.78, 5) is 13.8. The molecule has 0 aliphatic carbocycles. The van der Waals surface area contributed by atoms with Gasteiger partial charge in [-0.25, -0.2) is 9.97 Å². The van der Waals surface area contributed by atoms with Crippen molar-refractivity contribution in [3.05, 3.63) is 23.8 Å². The standard InChI is InChI=1S/C17H30N4O/c1-13-15(20(5)8-9-22)6-7-21(13)12-14-10-18-16(19-11-14)17(2,3)4/h10-11,13,15,22H,6-9,12H2,1-5H3/t13-,15-/m1/s1. The van der Waals surface area contributed by atoms with Crippen LogP contribution in [0.25, 0.3) is 0 Å². The van der Waals surface area contributed by atoms with Crippen LogP contribution in [0, 0.1) is 0 Å². The molecule has 2 heterocycles. The Morgan fingerprint density at radius 3 is 2.50 bits per heavy atom. The normalized spacial score (nSPS) is 23.4. The minimum absolute atomic E-state index is 0.00241. The molecule has 0 bridgehead atoms. The maximum atomic E-state index is 9.10. The second-order valence-corrected chi connectivity index (χ2v) is 7.44. The zero-order chi connectivity index (χ0) is 16.3. The highest BCUT2D eigenvalue weighted by Gasteiger charge is 2.33. The third-order valence-electron chi connectivity index (χ3n) is 4.63. The van der Waals surface area contributed by atoms with Gasteiger partial charge in [0.05, 0.1) is 6.61 Å². The summed E-state index contributed by atoms with van der Waals surface area (Å²) in [5.74, 6) is 0.895. The second kappa shape index (κ2) is 7.02. The quantitative estimate of drug-likeness (QED) is 0.896. The van der Waals surface area contributed by atoms with Crippen LogP contribution >= 0.6 is 0 Å². The minimum atomic E-state index is -0.00241. The predicted molar refractivity (Wildman–Crippen MR) is 88.7 cm³/mol.